The van der Waals surface area contributed by atoms with Crippen LogP contribution in [0.1, 0.15) is 29.5 Å². The van der Waals surface area contributed by atoms with E-state index in [4.69, 9.17) is 16.3 Å². The van der Waals surface area contributed by atoms with Gasteiger partial charge in [0.1, 0.15) is 6.29 Å². The fourth-order valence-electron chi connectivity index (χ4n) is 1.17. The van der Waals surface area contributed by atoms with Gasteiger partial charge in [0, 0.05) is 12.1 Å². The molecule has 0 saturated heterocycles. The topological polar surface area (TPSA) is 56.3 Å². The van der Waals surface area contributed by atoms with E-state index < -0.39 is 5.97 Å². The molecule has 1 heterocycles. The zero-order valence-corrected chi connectivity index (χ0v) is 9.66. The standard InChI is InChI=1S/C11H12ClNO3/c1-2-16-11(15)10-9(12)6-5-8(13-10)4-3-7-14/h5-7H,2-4H2,1H3. The van der Waals surface area contributed by atoms with Gasteiger partial charge in [0.15, 0.2) is 5.69 Å². The van der Waals surface area contributed by atoms with Crippen molar-refractivity contribution in [2.24, 2.45) is 0 Å². The molecule has 0 atom stereocenters. The van der Waals surface area contributed by atoms with Crippen molar-refractivity contribution in [1.82, 2.24) is 4.98 Å². The molecule has 86 valence electrons. The summed E-state index contributed by atoms with van der Waals surface area (Å²) in [5.74, 6) is -0.541. The lowest BCUT2D eigenvalue weighted by Gasteiger charge is -2.05. The number of pyridine rings is 1. The molecule has 0 radical (unpaired) electrons. The number of aromatic nitrogens is 1. The molecule has 0 fully saturated rings. The van der Waals surface area contributed by atoms with E-state index in [1.165, 1.54) is 0 Å². The maximum atomic E-state index is 11.5. The number of carbonyl (C=O) groups excluding carboxylic acids is 2. The van der Waals surface area contributed by atoms with Gasteiger partial charge < -0.3 is 9.53 Å². The molecular formula is C11H12ClNO3. The van der Waals surface area contributed by atoms with Crippen molar-refractivity contribution >= 4 is 23.9 Å². The average molecular weight is 242 g/mol. The van der Waals surface area contributed by atoms with Crippen LogP contribution in [0.2, 0.25) is 5.02 Å². The summed E-state index contributed by atoms with van der Waals surface area (Å²) in [6.45, 7) is 1.98. The Hall–Kier alpha value is -1.42. The molecule has 4 nitrogen and oxygen atoms in total. The second kappa shape index (κ2) is 6.23. The number of aldehydes is 1. The number of rotatable bonds is 5. The molecule has 0 spiro atoms. The molecule has 0 aliphatic carbocycles. The lowest BCUT2D eigenvalue weighted by Crippen LogP contribution is -2.09. The summed E-state index contributed by atoms with van der Waals surface area (Å²) < 4.78 is 4.81. The molecule has 0 saturated carbocycles. The molecule has 1 rings (SSSR count). The van der Waals surface area contributed by atoms with Gasteiger partial charge in [-0.3, -0.25) is 0 Å². The first-order valence-electron chi connectivity index (χ1n) is 4.95. The Labute approximate surface area is 98.6 Å². The minimum absolute atomic E-state index is 0.104. The highest BCUT2D eigenvalue weighted by Crippen LogP contribution is 2.15. The summed E-state index contributed by atoms with van der Waals surface area (Å²) in [4.78, 5) is 25.7. The molecule has 1 aromatic heterocycles. The number of aryl methyl sites for hydroxylation is 1. The van der Waals surface area contributed by atoms with E-state index in [9.17, 15) is 9.59 Å². The van der Waals surface area contributed by atoms with Crippen LogP contribution in [-0.4, -0.2) is 23.8 Å². The van der Waals surface area contributed by atoms with E-state index in [0.29, 0.717) is 18.5 Å². The fraction of sp³-hybridized carbons (Fsp3) is 0.364. The van der Waals surface area contributed by atoms with E-state index >= 15 is 0 Å². The number of carbonyl (C=O) groups is 2. The van der Waals surface area contributed by atoms with Gasteiger partial charge in [-0.15, -0.1) is 0 Å². The van der Waals surface area contributed by atoms with Gasteiger partial charge in [0.05, 0.1) is 11.6 Å². The van der Waals surface area contributed by atoms with Crippen molar-refractivity contribution in [3.05, 3.63) is 28.5 Å². The molecule has 0 aromatic carbocycles. The van der Waals surface area contributed by atoms with Crippen molar-refractivity contribution in [1.29, 1.82) is 0 Å². The Morgan fingerprint density at radius 3 is 2.94 bits per heavy atom. The third-order valence-corrected chi connectivity index (χ3v) is 2.20. The molecular weight excluding hydrogens is 230 g/mol. The molecule has 0 amide bonds. The zero-order chi connectivity index (χ0) is 12.0. The first-order chi connectivity index (χ1) is 7.69. The highest BCUT2D eigenvalue weighted by Gasteiger charge is 2.13. The summed E-state index contributed by atoms with van der Waals surface area (Å²) >= 11 is 5.83. The van der Waals surface area contributed by atoms with Crippen molar-refractivity contribution in [2.45, 2.75) is 19.8 Å². The fourth-order valence-corrected chi connectivity index (χ4v) is 1.35. The van der Waals surface area contributed by atoms with Crippen molar-refractivity contribution < 1.29 is 14.3 Å². The first kappa shape index (κ1) is 12.6. The molecule has 5 heteroatoms. The van der Waals surface area contributed by atoms with Crippen LogP contribution >= 0.6 is 11.6 Å². The summed E-state index contributed by atoms with van der Waals surface area (Å²) in [5, 5.41) is 0.258. The minimum Gasteiger partial charge on any atom is -0.461 e. The van der Waals surface area contributed by atoms with Gasteiger partial charge in [-0.2, -0.15) is 0 Å². The Morgan fingerprint density at radius 1 is 1.56 bits per heavy atom. The van der Waals surface area contributed by atoms with Gasteiger partial charge in [0.2, 0.25) is 0 Å². The number of esters is 1. The maximum absolute atomic E-state index is 11.5. The molecule has 0 bridgehead atoms. The quantitative estimate of drug-likeness (QED) is 0.585. The number of nitrogens with zero attached hydrogens (tertiary/aromatic N) is 1. The molecule has 0 unspecified atom stereocenters. The van der Waals surface area contributed by atoms with Crippen molar-refractivity contribution in [3.63, 3.8) is 0 Å². The summed E-state index contributed by atoms with van der Waals surface area (Å²) in [6.07, 6.45) is 1.67. The number of hydrogen-bond donors (Lipinski definition) is 0. The first-order valence-corrected chi connectivity index (χ1v) is 5.33. The van der Waals surface area contributed by atoms with Crippen LogP contribution in [0.15, 0.2) is 12.1 Å². The number of halogens is 1. The Kier molecular flexibility index (Phi) is 4.92. The normalized spacial score (nSPS) is 9.88. The summed E-state index contributed by atoms with van der Waals surface area (Å²) in [7, 11) is 0. The van der Waals surface area contributed by atoms with Crippen LogP contribution in [0, 0.1) is 0 Å². The van der Waals surface area contributed by atoms with Gasteiger partial charge >= 0.3 is 5.97 Å². The largest absolute Gasteiger partial charge is 0.461 e. The lowest BCUT2D eigenvalue weighted by atomic mass is 10.2. The number of hydrogen-bond acceptors (Lipinski definition) is 4. The molecule has 0 N–H and O–H groups in total. The third kappa shape index (κ3) is 3.31. The molecule has 16 heavy (non-hydrogen) atoms. The highest BCUT2D eigenvalue weighted by atomic mass is 35.5. The predicted molar refractivity (Wildman–Crippen MR) is 59.6 cm³/mol. The van der Waals surface area contributed by atoms with Crippen LogP contribution in [0.4, 0.5) is 0 Å². The average Bonchev–Trinajstić information content (AvgIpc) is 2.28. The van der Waals surface area contributed by atoms with Gasteiger partial charge in [-0.25, -0.2) is 9.78 Å². The third-order valence-electron chi connectivity index (χ3n) is 1.89. The van der Waals surface area contributed by atoms with Crippen molar-refractivity contribution in [2.75, 3.05) is 6.61 Å². The van der Waals surface area contributed by atoms with Crippen LogP contribution in [0.3, 0.4) is 0 Å². The van der Waals surface area contributed by atoms with E-state index in [-0.39, 0.29) is 17.3 Å². The summed E-state index contributed by atoms with van der Waals surface area (Å²) in [6, 6.07) is 3.27. The van der Waals surface area contributed by atoms with Crippen LogP contribution < -0.4 is 0 Å². The Bertz CT molecular complexity index is 393. The van der Waals surface area contributed by atoms with E-state index in [1.54, 1.807) is 19.1 Å². The number of ether oxygens (including phenoxy) is 1. The zero-order valence-electron chi connectivity index (χ0n) is 8.90. The Balaban J connectivity index is 2.89. The predicted octanol–water partition coefficient (Wildman–Crippen LogP) is 2.04. The van der Waals surface area contributed by atoms with E-state index in [2.05, 4.69) is 4.98 Å². The van der Waals surface area contributed by atoms with E-state index in [0.717, 1.165) is 6.29 Å². The Morgan fingerprint density at radius 2 is 2.31 bits per heavy atom. The molecule has 1 aromatic rings. The van der Waals surface area contributed by atoms with Gasteiger partial charge in [0.25, 0.3) is 0 Å². The van der Waals surface area contributed by atoms with E-state index in [1.807, 2.05) is 0 Å². The molecule has 0 aliphatic heterocycles. The van der Waals surface area contributed by atoms with Crippen LogP contribution in [-0.2, 0) is 16.0 Å². The van der Waals surface area contributed by atoms with Crippen LogP contribution in [0.5, 0.6) is 0 Å². The second-order valence-corrected chi connectivity index (χ2v) is 3.47. The van der Waals surface area contributed by atoms with Crippen LogP contribution in [0.25, 0.3) is 0 Å². The SMILES string of the molecule is CCOC(=O)c1nc(CCC=O)ccc1Cl. The smallest absolute Gasteiger partial charge is 0.358 e. The lowest BCUT2D eigenvalue weighted by molar-refractivity contribution is -0.107. The minimum atomic E-state index is -0.541. The maximum Gasteiger partial charge on any atom is 0.358 e. The second-order valence-electron chi connectivity index (χ2n) is 3.06. The van der Waals surface area contributed by atoms with Gasteiger partial charge in [-0.05, 0) is 25.5 Å². The molecule has 0 aliphatic rings. The van der Waals surface area contributed by atoms with Crippen molar-refractivity contribution in [3.8, 4) is 0 Å². The van der Waals surface area contributed by atoms with Gasteiger partial charge in [-0.1, -0.05) is 11.6 Å². The monoisotopic (exact) mass is 241 g/mol. The highest BCUT2D eigenvalue weighted by molar-refractivity contribution is 6.33. The summed E-state index contributed by atoms with van der Waals surface area (Å²) in [5.41, 5.74) is 0.756.